The van der Waals surface area contributed by atoms with Gasteiger partial charge in [0.05, 0.1) is 5.60 Å². The summed E-state index contributed by atoms with van der Waals surface area (Å²) in [7, 11) is 0. The zero-order valence-corrected chi connectivity index (χ0v) is 13.7. The van der Waals surface area contributed by atoms with Gasteiger partial charge in [-0.25, -0.2) is 4.39 Å². The van der Waals surface area contributed by atoms with Crippen LogP contribution in [-0.4, -0.2) is 29.8 Å². The second kappa shape index (κ2) is 8.45. The number of ether oxygens (including phenoxy) is 1. The van der Waals surface area contributed by atoms with Gasteiger partial charge in [0.15, 0.2) is 18.2 Å². The molecule has 0 aromatic heterocycles. The fraction of sp³-hybridized carbons (Fsp3) is 0.316. The molecular formula is C19H22FNO3. The molecule has 0 aliphatic rings. The number of hydrogen-bond acceptors (Lipinski definition) is 3. The molecule has 2 rings (SSSR count). The highest BCUT2D eigenvalue weighted by Crippen LogP contribution is 2.15. The summed E-state index contributed by atoms with van der Waals surface area (Å²) in [6.45, 7) is 1.49. The molecule has 2 aromatic rings. The molecule has 24 heavy (non-hydrogen) atoms. The molecule has 0 aliphatic carbocycles. The van der Waals surface area contributed by atoms with Crippen molar-refractivity contribution in [2.24, 2.45) is 0 Å². The average molecular weight is 331 g/mol. The van der Waals surface area contributed by atoms with Crippen molar-refractivity contribution < 1.29 is 19.0 Å². The van der Waals surface area contributed by atoms with Crippen molar-refractivity contribution >= 4 is 5.91 Å². The van der Waals surface area contributed by atoms with Crippen LogP contribution in [-0.2, 0) is 11.2 Å². The van der Waals surface area contributed by atoms with Crippen LogP contribution in [0.3, 0.4) is 0 Å². The van der Waals surface area contributed by atoms with Gasteiger partial charge in [-0.1, -0.05) is 42.5 Å². The number of aliphatic hydroxyl groups is 1. The predicted molar refractivity (Wildman–Crippen MR) is 90.3 cm³/mol. The Hall–Kier alpha value is -2.40. The standard InChI is InChI=1S/C19H22FNO3/c1-19(23,12-11-15-7-3-2-4-8-15)14-21-18(22)13-24-17-10-6-5-9-16(17)20/h2-10,23H,11-14H2,1H3,(H,21,22). The number of hydrogen-bond donors (Lipinski definition) is 2. The molecule has 0 saturated heterocycles. The van der Waals surface area contributed by atoms with E-state index in [0.717, 1.165) is 12.0 Å². The van der Waals surface area contributed by atoms with Gasteiger partial charge >= 0.3 is 0 Å². The average Bonchev–Trinajstić information content (AvgIpc) is 2.59. The van der Waals surface area contributed by atoms with Crippen LogP contribution in [0, 0.1) is 5.82 Å². The number of para-hydroxylation sites is 1. The molecule has 0 fully saturated rings. The number of carbonyl (C=O) groups excluding carboxylic acids is 1. The summed E-state index contributed by atoms with van der Waals surface area (Å²) >= 11 is 0. The number of amides is 1. The van der Waals surface area contributed by atoms with E-state index in [1.165, 1.54) is 12.1 Å². The summed E-state index contributed by atoms with van der Waals surface area (Å²) in [5.41, 5.74) is 0.107. The van der Waals surface area contributed by atoms with Crippen LogP contribution >= 0.6 is 0 Å². The Kier molecular flexibility index (Phi) is 6.32. The smallest absolute Gasteiger partial charge is 0.258 e. The number of carbonyl (C=O) groups is 1. The molecule has 1 amide bonds. The largest absolute Gasteiger partial charge is 0.481 e. The second-order valence-electron chi connectivity index (χ2n) is 5.98. The van der Waals surface area contributed by atoms with Crippen LogP contribution in [0.15, 0.2) is 54.6 Å². The molecule has 1 unspecified atom stereocenters. The molecule has 0 aliphatic heterocycles. The van der Waals surface area contributed by atoms with Crippen molar-refractivity contribution in [2.45, 2.75) is 25.4 Å². The lowest BCUT2D eigenvalue weighted by Gasteiger charge is -2.23. The maximum absolute atomic E-state index is 13.4. The molecule has 128 valence electrons. The van der Waals surface area contributed by atoms with Gasteiger partial charge in [-0.3, -0.25) is 4.79 Å². The number of aryl methyl sites for hydroxylation is 1. The van der Waals surface area contributed by atoms with E-state index in [2.05, 4.69) is 5.32 Å². The van der Waals surface area contributed by atoms with Gasteiger partial charge in [-0.05, 0) is 37.5 Å². The van der Waals surface area contributed by atoms with Gasteiger partial charge in [0.25, 0.3) is 5.91 Å². The number of halogens is 1. The highest BCUT2D eigenvalue weighted by molar-refractivity contribution is 5.77. The highest BCUT2D eigenvalue weighted by atomic mass is 19.1. The lowest BCUT2D eigenvalue weighted by molar-refractivity contribution is -0.124. The summed E-state index contributed by atoms with van der Waals surface area (Å²) < 4.78 is 18.5. The Morgan fingerprint density at radius 3 is 2.54 bits per heavy atom. The van der Waals surface area contributed by atoms with Gasteiger partial charge in [-0.15, -0.1) is 0 Å². The monoisotopic (exact) mass is 331 g/mol. The van der Waals surface area contributed by atoms with E-state index in [0.29, 0.717) is 6.42 Å². The topological polar surface area (TPSA) is 58.6 Å². The van der Waals surface area contributed by atoms with E-state index in [1.807, 2.05) is 30.3 Å². The molecule has 0 radical (unpaired) electrons. The van der Waals surface area contributed by atoms with Gasteiger partial charge in [0.2, 0.25) is 0 Å². The first kappa shape index (κ1) is 17.9. The number of nitrogens with one attached hydrogen (secondary N) is 1. The van der Waals surface area contributed by atoms with Crippen LogP contribution in [0.1, 0.15) is 18.9 Å². The van der Waals surface area contributed by atoms with Crippen molar-refractivity contribution in [1.29, 1.82) is 0 Å². The Labute approximate surface area is 141 Å². The number of benzene rings is 2. The fourth-order valence-corrected chi connectivity index (χ4v) is 2.19. The Morgan fingerprint density at radius 1 is 1.17 bits per heavy atom. The second-order valence-corrected chi connectivity index (χ2v) is 5.98. The normalized spacial score (nSPS) is 13.1. The summed E-state index contributed by atoms with van der Waals surface area (Å²) in [6.07, 6.45) is 1.24. The first-order chi connectivity index (χ1) is 11.5. The van der Waals surface area contributed by atoms with Crippen LogP contribution < -0.4 is 10.1 Å². The minimum atomic E-state index is -1.02. The molecule has 2 N–H and O–H groups in total. The quantitative estimate of drug-likeness (QED) is 0.782. The van der Waals surface area contributed by atoms with Crippen molar-refractivity contribution in [3.8, 4) is 5.75 Å². The maximum Gasteiger partial charge on any atom is 0.258 e. The minimum absolute atomic E-state index is 0.0310. The van der Waals surface area contributed by atoms with Crippen molar-refractivity contribution in [2.75, 3.05) is 13.2 Å². The maximum atomic E-state index is 13.4. The van der Waals surface area contributed by atoms with Gasteiger partial charge in [-0.2, -0.15) is 0 Å². The number of rotatable bonds is 8. The molecule has 2 aromatic carbocycles. The first-order valence-corrected chi connectivity index (χ1v) is 7.87. The molecule has 0 bridgehead atoms. The molecule has 0 heterocycles. The summed E-state index contributed by atoms with van der Waals surface area (Å²) in [6, 6.07) is 15.7. The summed E-state index contributed by atoms with van der Waals surface area (Å²) in [4.78, 5) is 11.8. The van der Waals surface area contributed by atoms with E-state index >= 15 is 0 Å². The third kappa shape index (κ3) is 6.01. The van der Waals surface area contributed by atoms with Gasteiger partial charge < -0.3 is 15.2 Å². The summed E-state index contributed by atoms with van der Waals surface area (Å²) in [5, 5.41) is 13.0. The lowest BCUT2D eigenvalue weighted by Crippen LogP contribution is -2.42. The van der Waals surface area contributed by atoms with Crippen molar-refractivity contribution in [3.63, 3.8) is 0 Å². The van der Waals surface area contributed by atoms with Gasteiger partial charge in [0.1, 0.15) is 0 Å². The Morgan fingerprint density at radius 2 is 1.83 bits per heavy atom. The minimum Gasteiger partial charge on any atom is -0.481 e. The third-order valence-corrected chi connectivity index (χ3v) is 3.66. The SMILES string of the molecule is CC(O)(CCc1ccccc1)CNC(=O)COc1ccccc1F. The zero-order valence-electron chi connectivity index (χ0n) is 13.7. The van der Waals surface area contributed by atoms with Crippen molar-refractivity contribution in [1.82, 2.24) is 5.32 Å². The molecule has 4 nitrogen and oxygen atoms in total. The molecule has 1 atom stereocenters. The van der Waals surface area contributed by atoms with E-state index < -0.39 is 17.3 Å². The van der Waals surface area contributed by atoms with E-state index in [9.17, 15) is 14.3 Å². The van der Waals surface area contributed by atoms with Gasteiger partial charge in [0, 0.05) is 6.54 Å². The Balaban J connectivity index is 1.72. The fourth-order valence-electron chi connectivity index (χ4n) is 2.19. The molecular weight excluding hydrogens is 309 g/mol. The van der Waals surface area contributed by atoms with E-state index in [1.54, 1.807) is 19.1 Å². The van der Waals surface area contributed by atoms with Crippen LogP contribution in [0.5, 0.6) is 5.75 Å². The lowest BCUT2D eigenvalue weighted by atomic mass is 9.97. The first-order valence-electron chi connectivity index (χ1n) is 7.87. The van der Waals surface area contributed by atoms with Crippen molar-refractivity contribution in [3.05, 3.63) is 66.0 Å². The van der Waals surface area contributed by atoms with E-state index in [4.69, 9.17) is 4.74 Å². The van der Waals surface area contributed by atoms with Crippen LogP contribution in [0.25, 0.3) is 0 Å². The molecule has 0 saturated carbocycles. The molecule has 5 heteroatoms. The van der Waals surface area contributed by atoms with Crippen LogP contribution in [0.4, 0.5) is 4.39 Å². The van der Waals surface area contributed by atoms with Crippen LogP contribution in [0.2, 0.25) is 0 Å². The Bertz CT molecular complexity index is 659. The summed E-state index contributed by atoms with van der Waals surface area (Å²) in [5.74, 6) is -0.887. The predicted octanol–water partition coefficient (Wildman–Crippen LogP) is 2.70. The molecule has 0 spiro atoms. The van der Waals surface area contributed by atoms with E-state index in [-0.39, 0.29) is 18.9 Å². The third-order valence-electron chi connectivity index (χ3n) is 3.66. The highest BCUT2D eigenvalue weighted by Gasteiger charge is 2.21. The zero-order chi connectivity index (χ0) is 17.4.